The average molecular weight is 251 g/mol. The predicted molar refractivity (Wildman–Crippen MR) is 69.8 cm³/mol. The molecule has 5 nitrogen and oxygen atoms in total. The van der Waals surface area contributed by atoms with Crippen LogP contribution in [0.3, 0.4) is 0 Å². The molecule has 0 saturated heterocycles. The van der Waals surface area contributed by atoms with Gasteiger partial charge in [-0.15, -0.1) is 0 Å². The number of ether oxygens (including phenoxy) is 1. The van der Waals surface area contributed by atoms with E-state index in [9.17, 15) is 5.11 Å². The Balaban J connectivity index is 2.07. The molecular weight excluding hydrogens is 230 g/mol. The summed E-state index contributed by atoms with van der Waals surface area (Å²) >= 11 is 0. The number of nitrogens with one attached hydrogen (secondary N) is 1. The van der Waals surface area contributed by atoms with Gasteiger partial charge in [-0.25, -0.2) is 4.98 Å². The highest BCUT2D eigenvalue weighted by Crippen LogP contribution is 2.22. The van der Waals surface area contributed by atoms with E-state index in [0.29, 0.717) is 18.4 Å². The van der Waals surface area contributed by atoms with Gasteiger partial charge in [0.25, 0.3) is 0 Å². The van der Waals surface area contributed by atoms with Crippen molar-refractivity contribution in [3.05, 3.63) is 11.8 Å². The van der Waals surface area contributed by atoms with Crippen LogP contribution >= 0.6 is 0 Å². The van der Waals surface area contributed by atoms with Gasteiger partial charge in [-0.05, 0) is 26.7 Å². The molecule has 5 heteroatoms. The van der Waals surface area contributed by atoms with Crippen molar-refractivity contribution < 1.29 is 9.84 Å². The van der Waals surface area contributed by atoms with Crippen molar-refractivity contribution in [1.29, 1.82) is 0 Å². The Labute approximate surface area is 108 Å². The number of rotatable bonds is 4. The Bertz CT molecular complexity index is 398. The summed E-state index contributed by atoms with van der Waals surface area (Å²) in [5.41, 5.74) is 0.862. The van der Waals surface area contributed by atoms with E-state index in [-0.39, 0.29) is 12.1 Å². The van der Waals surface area contributed by atoms with Gasteiger partial charge in [0, 0.05) is 11.8 Å². The molecule has 2 unspecified atom stereocenters. The summed E-state index contributed by atoms with van der Waals surface area (Å²) < 4.78 is 5.39. The summed E-state index contributed by atoms with van der Waals surface area (Å²) in [6.45, 7) is 4.42. The molecule has 1 aromatic rings. The molecule has 0 amide bonds. The van der Waals surface area contributed by atoms with Gasteiger partial charge in [0.15, 0.2) is 0 Å². The minimum Gasteiger partial charge on any atom is -0.478 e. The number of hydrogen-bond donors (Lipinski definition) is 2. The van der Waals surface area contributed by atoms with Crippen molar-refractivity contribution >= 4 is 5.95 Å². The molecule has 1 heterocycles. The van der Waals surface area contributed by atoms with Gasteiger partial charge >= 0.3 is 0 Å². The van der Waals surface area contributed by atoms with Crippen molar-refractivity contribution in [2.75, 3.05) is 11.9 Å². The van der Waals surface area contributed by atoms with Gasteiger partial charge in [0.1, 0.15) is 0 Å². The van der Waals surface area contributed by atoms with Crippen molar-refractivity contribution in [3.63, 3.8) is 0 Å². The van der Waals surface area contributed by atoms with Gasteiger partial charge in [0.05, 0.1) is 18.8 Å². The molecule has 1 aliphatic carbocycles. The fraction of sp³-hybridized carbons (Fsp3) is 0.692. The second-order valence-corrected chi connectivity index (χ2v) is 4.71. The van der Waals surface area contributed by atoms with Gasteiger partial charge < -0.3 is 15.2 Å². The van der Waals surface area contributed by atoms with Crippen LogP contribution in [0.5, 0.6) is 5.88 Å². The molecule has 1 fully saturated rings. The molecule has 1 aliphatic rings. The summed E-state index contributed by atoms with van der Waals surface area (Å²) in [6, 6.07) is 1.86. The summed E-state index contributed by atoms with van der Waals surface area (Å²) in [7, 11) is 0. The van der Waals surface area contributed by atoms with Crippen LogP contribution in [0.25, 0.3) is 0 Å². The van der Waals surface area contributed by atoms with Gasteiger partial charge in [-0.2, -0.15) is 4.98 Å². The summed E-state index contributed by atoms with van der Waals surface area (Å²) in [4.78, 5) is 8.63. The lowest BCUT2D eigenvalue weighted by Crippen LogP contribution is -2.36. The lowest BCUT2D eigenvalue weighted by molar-refractivity contribution is 0.116. The van der Waals surface area contributed by atoms with Crippen molar-refractivity contribution in [2.24, 2.45) is 0 Å². The topological polar surface area (TPSA) is 67.3 Å². The highest BCUT2D eigenvalue weighted by atomic mass is 16.5. The smallest absolute Gasteiger partial charge is 0.226 e. The zero-order chi connectivity index (χ0) is 13.0. The quantitative estimate of drug-likeness (QED) is 0.855. The fourth-order valence-corrected chi connectivity index (χ4v) is 2.27. The van der Waals surface area contributed by atoms with Gasteiger partial charge in [-0.3, -0.25) is 0 Å². The standard InChI is InChI=1S/C13H21N3O2/c1-3-18-12-8-9(2)14-13(16-12)15-10-6-4-5-7-11(10)17/h8,10-11,17H,3-7H2,1-2H3,(H,14,15,16). The Hall–Kier alpha value is -1.36. The normalized spacial score (nSPS) is 23.7. The third kappa shape index (κ3) is 3.32. The summed E-state index contributed by atoms with van der Waals surface area (Å²) in [5.74, 6) is 1.13. The van der Waals surface area contributed by atoms with E-state index in [0.717, 1.165) is 31.4 Å². The first-order valence-electron chi connectivity index (χ1n) is 6.62. The van der Waals surface area contributed by atoms with E-state index >= 15 is 0 Å². The number of aliphatic hydroxyl groups is 1. The van der Waals surface area contributed by atoms with Crippen LogP contribution in [0.4, 0.5) is 5.95 Å². The second-order valence-electron chi connectivity index (χ2n) is 4.71. The molecule has 2 rings (SSSR count). The summed E-state index contributed by atoms with van der Waals surface area (Å²) in [6.07, 6.45) is 3.74. The van der Waals surface area contributed by atoms with E-state index in [1.807, 2.05) is 19.9 Å². The Morgan fingerprint density at radius 2 is 2.17 bits per heavy atom. The van der Waals surface area contributed by atoms with Gasteiger partial charge in [0.2, 0.25) is 11.8 Å². The van der Waals surface area contributed by atoms with Crippen LogP contribution in [0.15, 0.2) is 6.07 Å². The van der Waals surface area contributed by atoms with Gasteiger partial charge in [-0.1, -0.05) is 12.8 Å². The molecule has 0 radical (unpaired) electrons. The lowest BCUT2D eigenvalue weighted by Gasteiger charge is -2.28. The van der Waals surface area contributed by atoms with E-state index < -0.39 is 0 Å². The maximum absolute atomic E-state index is 9.92. The zero-order valence-corrected chi connectivity index (χ0v) is 11.0. The van der Waals surface area contributed by atoms with Crippen molar-refractivity contribution in [3.8, 4) is 5.88 Å². The highest BCUT2D eigenvalue weighted by molar-refractivity contribution is 5.32. The first-order valence-corrected chi connectivity index (χ1v) is 6.62. The predicted octanol–water partition coefficient (Wildman–Crippen LogP) is 1.90. The van der Waals surface area contributed by atoms with Crippen LogP contribution in [-0.2, 0) is 0 Å². The minimum atomic E-state index is -0.307. The van der Waals surface area contributed by atoms with Crippen molar-refractivity contribution in [1.82, 2.24) is 9.97 Å². The molecule has 1 saturated carbocycles. The zero-order valence-electron chi connectivity index (χ0n) is 11.0. The molecule has 2 atom stereocenters. The number of anilines is 1. The first-order chi connectivity index (χ1) is 8.69. The van der Waals surface area contributed by atoms with E-state index in [2.05, 4.69) is 15.3 Å². The molecule has 2 N–H and O–H groups in total. The van der Waals surface area contributed by atoms with Crippen LogP contribution in [0.1, 0.15) is 38.3 Å². The largest absolute Gasteiger partial charge is 0.478 e. The van der Waals surface area contributed by atoms with Crippen LogP contribution < -0.4 is 10.1 Å². The van der Waals surface area contributed by atoms with E-state index in [4.69, 9.17) is 4.74 Å². The number of hydrogen-bond acceptors (Lipinski definition) is 5. The molecule has 100 valence electrons. The SMILES string of the molecule is CCOc1cc(C)nc(NC2CCCCC2O)n1. The molecular formula is C13H21N3O2. The van der Waals surface area contributed by atoms with Crippen LogP contribution in [0, 0.1) is 6.92 Å². The number of aryl methyl sites for hydroxylation is 1. The minimum absolute atomic E-state index is 0.0510. The van der Waals surface area contributed by atoms with E-state index in [1.54, 1.807) is 0 Å². The lowest BCUT2D eigenvalue weighted by atomic mass is 9.93. The molecule has 1 aromatic heterocycles. The number of nitrogens with zero attached hydrogens (tertiary/aromatic N) is 2. The maximum atomic E-state index is 9.92. The Kier molecular flexibility index (Phi) is 4.36. The fourth-order valence-electron chi connectivity index (χ4n) is 2.27. The third-order valence-electron chi connectivity index (χ3n) is 3.17. The molecule has 0 aliphatic heterocycles. The number of aliphatic hydroxyl groups excluding tert-OH is 1. The number of aromatic nitrogens is 2. The molecule has 0 spiro atoms. The molecule has 0 aromatic carbocycles. The summed E-state index contributed by atoms with van der Waals surface area (Å²) in [5, 5.41) is 13.1. The monoisotopic (exact) mass is 251 g/mol. The third-order valence-corrected chi connectivity index (χ3v) is 3.17. The first kappa shape index (κ1) is 13.1. The highest BCUT2D eigenvalue weighted by Gasteiger charge is 2.23. The molecule has 18 heavy (non-hydrogen) atoms. The Morgan fingerprint density at radius 1 is 1.39 bits per heavy atom. The average Bonchev–Trinajstić information content (AvgIpc) is 2.32. The Morgan fingerprint density at radius 3 is 2.89 bits per heavy atom. The molecule has 0 bridgehead atoms. The van der Waals surface area contributed by atoms with Crippen LogP contribution in [-0.4, -0.2) is 33.8 Å². The second kappa shape index (κ2) is 6.00. The van der Waals surface area contributed by atoms with Crippen LogP contribution in [0.2, 0.25) is 0 Å². The van der Waals surface area contributed by atoms with Crippen molar-refractivity contribution in [2.45, 2.75) is 51.7 Å². The maximum Gasteiger partial charge on any atom is 0.226 e. The van der Waals surface area contributed by atoms with E-state index in [1.165, 1.54) is 0 Å².